The van der Waals surface area contributed by atoms with Gasteiger partial charge in [-0.3, -0.25) is 4.79 Å². The van der Waals surface area contributed by atoms with Crippen molar-refractivity contribution in [1.29, 1.82) is 0 Å². The molecule has 0 aromatic heterocycles. The maximum atomic E-state index is 12.1. The highest BCUT2D eigenvalue weighted by Gasteiger charge is 2.31. The fourth-order valence-electron chi connectivity index (χ4n) is 2.17. The maximum absolute atomic E-state index is 12.1. The predicted molar refractivity (Wildman–Crippen MR) is 105 cm³/mol. The molecule has 0 spiro atoms. The molecule has 0 aliphatic rings. The topological polar surface area (TPSA) is 52.6 Å². The predicted octanol–water partition coefficient (Wildman–Crippen LogP) is 5.07. The van der Waals surface area contributed by atoms with Crippen molar-refractivity contribution in [3.05, 3.63) is 70.2 Å². The van der Waals surface area contributed by atoms with Crippen molar-refractivity contribution in [2.24, 2.45) is 0 Å². The van der Waals surface area contributed by atoms with Crippen LogP contribution in [0.3, 0.4) is 0 Å². The molecule has 0 saturated carbocycles. The molecule has 0 radical (unpaired) electrons. The smallest absolute Gasteiger partial charge is 0.349 e. The van der Waals surface area contributed by atoms with Gasteiger partial charge in [-0.1, -0.05) is 34.1 Å². The number of allylic oxidation sites excluding steroid dienone is 1. The van der Waals surface area contributed by atoms with Gasteiger partial charge in [0, 0.05) is 10.0 Å². The lowest BCUT2D eigenvalue weighted by Crippen LogP contribution is -2.39. The average molecular weight is 417 g/mol. The largest absolute Gasteiger partial charge is 0.476 e. The van der Waals surface area contributed by atoms with Crippen LogP contribution in [0.1, 0.15) is 36.7 Å². The van der Waals surface area contributed by atoms with Gasteiger partial charge in [-0.05, 0) is 68.8 Å². The number of halogens is 1. The van der Waals surface area contributed by atoms with E-state index in [2.05, 4.69) is 15.9 Å². The summed E-state index contributed by atoms with van der Waals surface area (Å²) in [4.78, 5) is 24.0. The van der Waals surface area contributed by atoms with E-state index in [-0.39, 0.29) is 5.78 Å². The number of benzene rings is 2. The Labute approximate surface area is 162 Å². The highest BCUT2D eigenvalue weighted by atomic mass is 79.9. The maximum Gasteiger partial charge on any atom is 0.349 e. The Balaban J connectivity index is 2.01. The van der Waals surface area contributed by atoms with E-state index in [1.54, 1.807) is 51.1 Å². The SMILES string of the molecule is CCOC(=O)C(C)(C)Oc1ccc(C=CC(=O)c2ccc(Br)cc2)cc1. The summed E-state index contributed by atoms with van der Waals surface area (Å²) in [5.74, 6) is 0.0739. The van der Waals surface area contributed by atoms with Crippen molar-refractivity contribution in [3.63, 3.8) is 0 Å². The van der Waals surface area contributed by atoms with Gasteiger partial charge >= 0.3 is 5.97 Å². The summed E-state index contributed by atoms with van der Waals surface area (Å²) < 4.78 is 11.6. The van der Waals surface area contributed by atoms with Gasteiger partial charge in [0.15, 0.2) is 11.4 Å². The molecule has 0 heterocycles. The molecule has 0 N–H and O–H groups in total. The standard InChI is InChI=1S/C21H21BrO4/c1-4-25-20(24)21(2,3)26-18-12-5-15(6-13-18)7-14-19(23)16-8-10-17(22)11-9-16/h5-14H,4H2,1-3H3. The van der Waals surface area contributed by atoms with Crippen LogP contribution in [0.15, 0.2) is 59.1 Å². The van der Waals surface area contributed by atoms with Crippen LogP contribution in [-0.2, 0) is 9.53 Å². The van der Waals surface area contributed by atoms with Crippen molar-refractivity contribution in [2.75, 3.05) is 6.61 Å². The number of carbonyl (C=O) groups excluding carboxylic acids is 2. The third kappa shape index (κ3) is 5.56. The molecule has 26 heavy (non-hydrogen) atoms. The van der Waals surface area contributed by atoms with Gasteiger partial charge in [-0.25, -0.2) is 4.79 Å². The molecule has 0 fully saturated rings. The van der Waals surface area contributed by atoms with E-state index in [1.165, 1.54) is 6.08 Å². The number of ether oxygens (including phenoxy) is 2. The number of ketones is 1. The fourth-order valence-corrected chi connectivity index (χ4v) is 2.43. The van der Waals surface area contributed by atoms with Crippen molar-refractivity contribution < 1.29 is 19.1 Å². The lowest BCUT2D eigenvalue weighted by atomic mass is 10.1. The van der Waals surface area contributed by atoms with Crippen LogP contribution in [0.25, 0.3) is 6.08 Å². The lowest BCUT2D eigenvalue weighted by molar-refractivity contribution is -0.158. The minimum absolute atomic E-state index is 0.0683. The molecule has 0 amide bonds. The Hall–Kier alpha value is -2.40. The van der Waals surface area contributed by atoms with Crippen molar-refractivity contribution in [3.8, 4) is 5.75 Å². The van der Waals surface area contributed by atoms with Crippen LogP contribution >= 0.6 is 15.9 Å². The van der Waals surface area contributed by atoms with E-state index in [9.17, 15) is 9.59 Å². The van der Waals surface area contributed by atoms with E-state index in [4.69, 9.17) is 9.47 Å². The van der Waals surface area contributed by atoms with Gasteiger partial charge in [-0.2, -0.15) is 0 Å². The minimum Gasteiger partial charge on any atom is -0.476 e. The third-order valence-electron chi connectivity index (χ3n) is 3.58. The summed E-state index contributed by atoms with van der Waals surface area (Å²) in [6.07, 6.45) is 3.27. The molecule has 2 aromatic carbocycles. The van der Waals surface area contributed by atoms with Gasteiger partial charge in [0.1, 0.15) is 5.75 Å². The van der Waals surface area contributed by atoms with E-state index < -0.39 is 11.6 Å². The Morgan fingerprint density at radius 3 is 2.23 bits per heavy atom. The van der Waals surface area contributed by atoms with Gasteiger partial charge in [-0.15, -0.1) is 0 Å². The van der Waals surface area contributed by atoms with Crippen LogP contribution < -0.4 is 4.74 Å². The molecule has 0 bridgehead atoms. The Morgan fingerprint density at radius 1 is 1.04 bits per heavy atom. The van der Waals surface area contributed by atoms with E-state index in [0.717, 1.165) is 10.0 Å². The number of hydrogen-bond donors (Lipinski definition) is 0. The van der Waals surface area contributed by atoms with Crippen LogP contribution in [0.4, 0.5) is 0 Å². The first-order chi connectivity index (χ1) is 12.3. The zero-order valence-electron chi connectivity index (χ0n) is 15.0. The summed E-state index contributed by atoms with van der Waals surface area (Å²) in [6, 6.07) is 14.4. The highest BCUT2D eigenvalue weighted by molar-refractivity contribution is 9.10. The Bertz CT molecular complexity index is 790. The molecule has 2 rings (SSSR count). The second-order valence-corrected chi connectivity index (χ2v) is 7.02. The summed E-state index contributed by atoms with van der Waals surface area (Å²) >= 11 is 3.35. The zero-order chi connectivity index (χ0) is 19.2. The Kier molecular flexibility index (Phi) is 6.75. The number of hydrogen-bond acceptors (Lipinski definition) is 4. The second-order valence-electron chi connectivity index (χ2n) is 6.11. The zero-order valence-corrected chi connectivity index (χ0v) is 16.6. The molecule has 0 unspecified atom stereocenters. The lowest BCUT2D eigenvalue weighted by Gasteiger charge is -2.24. The van der Waals surface area contributed by atoms with Crippen LogP contribution in [0.5, 0.6) is 5.75 Å². The van der Waals surface area contributed by atoms with Crippen LogP contribution in [0, 0.1) is 0 Å². The number of carbonyl (C=O) groups is 2. The van der Waals surface area contributed by atoms with Crippen LogP contribution in [-0.4, -0.2) is 24.0 Å². The average Bonchev–Trinajstić information content (AvgIpc) is 2.61. The molecule has 0 aliphatic heterocycles. The Morgan fingerprint density at radius 2 is 1.65 bits per heavy atom. The first kappa shape index (κ1) is 19.9. The molecule has 5 heteroatoms. The molecule has 0 atom stereocenters. The normalized spacial score (nSPS) is 11.4. The van der Waals surface area contributed by atoms with Crippen molar-refractivity contribution in [2.45, 2.75) is 26.4 Å². The van der Waals surface area contributed by atoms with Crippen molar-refractivity contribution >= 4 is 33.8 Å². The van der Waals surface area contributed by atoms with Gasteiger partial charge in [0.2, 0.25) is 0 Å². The summed E-state index contributed by atoms with van der Waals surface area (Å²) in [6.45, 7) is 5.39. The summed E-state index contributed by atoms with van der Waals surface area (Å²) in [5.41, 5.74) is 0.419. The van der Waals surface area contributed by atoms with Gasteiger partial charge in [0.05, 0.1) is 6.61 Å². The highest BCUT2D eigenvalue weighted by Crippen LogP contribution is 2.21. The number of esters is 1. The first-order valence-corrected chi connectivity index (χ1v) is 9.05. The van der Waals surface area contributed by atoms with Gasteiger partial charge in [0.25, 0.3) is 0 Å². The molecular formula is C21H21BrO4. The van der Waals surface area contributed by atoms with E-state index >= 15 is 0 Å². The third-order valence-corrected chi connectivity index (χ3v) is 4.10. The molecule has 0 aliphatic carbocycles. The fraction of sp³-hybridized carbons (Fsp3) is 0.238. The summed E-state index contributed by atoms with van der Waals surface area (Å²) in [7, 11) is 0. The van der Waals surface area contributed by atoms with Crippen LogP contribution in [0.2, 0.25) is 0 Å². The van der Waals surface area contributed by atoms with Gasteiger partial charge < -0.3 is 9.47 Å². The number of rotatable bonds is 7. The molecule has 0 saturated heterocycles. The monoisotopic (exact) mass is 416 g/mol. The van der Waals surface area contributed by atoms with Crippen molar-refractivity contribution in [1.82, 2.24) is 0 Å². The molecule has 136 valence electrons. The summed E-state index contributed by atoms with van der Waals surface area (Å²) in [5, 5.41) is 0. The van der Waals surface area contributed by atoms with E-state index in [1.807, 2.05) is 24.3 Å². The second kappa shape index (κ2) is 8.81. The van der Waals surface area contributed by atoms with E-state index in [0.29, 0.717) is 17.9 Å². The molecule has 2 aromatic rings. The minimum atomic E-state index is -1.06. The molecular weight excluding hydrogens is 396 g/mol. The quantitative estimate of drug-likeness (QED) is 0.359. The first-order valence-electron chi connectivity index (χ1n) is 8.26. The molecule has 4 nitrogen and oxygen atoms in total.